The van der Waals surface area contributed by atoms with Gasteiger partial charge in [-0.1, -0.05) is 46.4 Å². The second-order valence-corrected chi connectivity index (χ2v) is 7.83. The van der Waals surface area contributed by atoms with Gasteiger partial charge in [0.1, 0.15) is 6.10 Å². The molecule has 0 saturated carbocycles. The van der Waals surface area contributed by atoms with Crippen LogP contribution in [0.4, 0.5) is 4.79 Å². The molecule has 0 bridgehead atoms. The Balaban J connectivity index is 2.08. The predicted molar refractivity (Wildman–Crippen MR) is 66.4 cm³/mol. The summed E-state index contributed by atoms with van der Waals surface area (Å²) in [6.45, 7) is 11.2. The number of ether oxygens (including phenoxy) is 1. The van der Waals surface area contributed by atoms with E-state index in [1.807, 2.05) is 0 Å². The molecule has 0 aromatic rings. The van der Waals surface area contributed by atoms with Crippen molar-refractivity contribution in [2.24, 2.45) is 10.8 Å². The van der Waals surface area contributed by atoms with Crippen molar-refractivity contribution in [3.05, 3.63) is 0 Å². The molecule has 3 nitrogen and oxygen atoms in total. The molecule has 2 aliphatic heterocycles. The zero-order valence-electron chi connectivity index (χ0n) is 10.7. The first-order chi connectivity index (χ1) is 7.19. The van der Waals surface area contributed by atoms with Crippen LogP contribution in [0.25, 0.3) is 0 Å². The van der Waals surface area contributed by atoms with E-state index < -0.39 is 0 Å². The number of amides is 1. The Kier molecular flexibility index (Phi) is 2.78. The molecular weight excluding hydrogens is 222 g/mol. The van der Waals surface area contributed by atoms with Crippen molar-refractivity contribution < 1.29 is 9.53 Å². The number of carbonyl (C=O) groups is 1. The Hall–Kier alpha value is -0.220. The summed E-state index contributed by atoms with van der Waals surface area (Å²) < 4.78 is 5.51. The lowest BCUT2D eigenvalue weighted by molar-refractivity contribution is 0.189. The minimum Gasteiger partial charge on any atom is -0.347 e. The van der Waals surface area contributed by atoms with Crippen LogP contribution in [0.1, 0.15) is 41.0 Å². The predicted octanol–water partition coefficient (Wildman–Crippen LogP) is 3.00. The molecule has 3 unspecified atom stereocenters. The molecule has 1 N–H and O–H groups in total. The van der Waals surface area contributed by atoms with Gasteiger partial charge in [0.25, 0.3) is 5.24 Å². The molecule has 0 spiro atoms. The number of carbonyl (C=O) groups excluding carboxylic acids is 1. The molecule has 0 radical (unpaired) electrons. The average Bonchev–Trinajstić information content (AvgIpc) is 2.75. The minimum absolute atomic E-state index is 0.0157. The molecule has 1 amide bonds. The normalized spacial score (nSPS) is 34.3. The van der Waals surface area contributed by atoms with E-state index in [-0.39, 0.29) is 33.7 Å². The van der Waals surface area contributed by atoms with Crippen LogP contribution in [0.2, 0.25) is 0 Å². The molecular formula is C12H21NO2S. The van der Waals surface area contributed by atoms with Crippen LogP contribution in [0.15, 0.2) is 0 Å². The Morgan fingerprint density at radius 1 is 1.31 bits per heavy atom. The van der Waals surface area contributed by atoms with Gasteiger partial charge < -0.3 is 10.1 Å². The van der Waals surface area contributed by atoms with Crippen molar-refractivity contribution in [2.75, 3.05) is 0 Å². The van der Waals surface area contributed by atoms with Crippen LogP contribution >= 0.6 is 11.8 Å². The van der Waals surface area contributed by atoms with Crippen molar-refractivity contribution in [3.63, 3.8) is 0 Å². The van der Waals surface area contributed by atoms with Gasteiger partial charge in [-0.2, -0.15) is 0 Å². The maximum atomic E-state index is 11.5. The quantitative estimate of drug-likeness (QED) is 0.758. The Bertz CT molecular complexity index is 309. The topological polar surface area (TPSA) is 41.6 Å². The van der Waals surface area contributed by atoms with Crippen molar-refractivity contribution in [1.29, 1.82) is 0 Å². The van der Waals surface area contributed by atoms with Crippen LogP contribution in [0.3, 0.4) is 0 Å². The molecule has 2 fully saturated rings. The third kappa shape index (κ3) is 2.54. The van der Waals surface area contributed by atoms with E-state index in [9.17, 15) is 4.79 Å². The molecule has 0 aliphatic carbocycles. The highest BCUT2D eigenvalue weighted by Crippen LogP contribution is 2.49. The molecule has 2 aliphatic rings. The number of thioether (sulfide) groups is 1. The van der Waals surface area contributed by atoms with E-state index >= 15 is 0 Å². The highest BCUT2D eigenvalue weighted by atomic mass is 32.2. The van der Waals surface area contributed by atoms with E-state index in [0.717, 1.165) is 6.42 Å². The van der Waals surface area contributed by atoms with Gasteiger partial charge in [0.2, 0.25) is 0 Å². The smallest absolute Gasteiger partial charge is 0.281 e. The highest BCUT2D eigenvalue weighted by Gasteiger charge is 2.56. The first kappa shape index (κ1) is 12.2. The summed E-state index contributed by atoms with van der Waals surface area (Å²) in [7, 11) is 0. The molecule has 3 atom stereocenters. The van der Waals surface area contributed by atoms with Gasteiger partial charge in [0.05, 0.1) is 5.25 Å². The van der Waals surface area contributed by atoms with Crippen LogP contribution in [-0.4, -0.2) is 22.8 Å². The fraction of sp³-hybridized carbons (Fsp3) is 0.917. The lowest BCUT2D eigenvalue weighted by Crippen LogP contribution is -2.43. The number of fused-ring (bicyclic) bond motifs is 1. The molecule has 2 heterocycles. The van der Waals surface area contributed by atoms with Gasteiger partial charge in [0.15, 0.2) is 6.23 Å². The van der Waals surface area contributed by atoms with Crippen LogP contribution in [-0.2, 0) is 4.74 Å². The highest BCUT2D eigenvalue weighted by molar-refractivity contribution is 8.14. The van der Waals surface area contributed by atoms with E-state index in [2.05, 4.69) is 39.9 Å². The molecule has 0 aromatic carbocycles. The first-order valence-electron chi connectivity index (χ1n) is 5.82. The summed E-state index contributed by atoms with van der Waals surface area (Å²) in [5.41, 5.74) is 0.405. The fourth-order valence-electron chi connectivity index (χ4n) is 2.87. The third-order valence-electron chi connectivity index (χ3n) is 3.07. The number of hydrogen-bond acceptors (Lipinski definition) is 3. The summed E-state index contributed by atoms with van der Waals surface area (Å²) in [6, 6.07) is 0. The lowest BCUT2D eigenvalue weighted by atomic mass is 9.73. The van der Waals surface area contributed by atoms with Crippen molar-refractivity contribution in [1.82, 2.24) is 5.32 Å². The van der Waals surface area contributed by atoms with Gasteiger partial charge in [-0.25, -0.2) is 0 Å². The zero-order chi connectivity index (χ0) is 12.1. The first-order valence-corrected chi connectivity index (χ1v) is 6.70. The number of epoxide rings is 1. The van der Waals surface area contributed by atoms with Gasteiger partial charge >= 0.3 is 0 Å². The van der Waals surface area contributed by atoms with Gasteiger partial charge in [-0.05, 0) is 17.3 Å². The van der Waals surface area contributed by atoms with Crippen molar-refractivity contribution >= 4 is 17.0 Å². The molecule has 16 heavy (non-hydrogen) atoms. The van der Waals surface area contributed by atoms with Gasteiger partial charge in [0, 0.05) is 0 Å². The molecule has 2 rings (SSSR count). The molecule has 0 aromatic heterocycles. The Morgan fingerprint density at radius 2 is 1.94 bits per heavy atom. The summed E-state index contributed by atoms with van der Waals surface area (Å²) in [4.78, 5) is 11.5. The van der Waals surface area contributed by atoms with E-state index in [0.29, 0.717) is 0 Å². The molecule has 4 heteroatoms. The Morgan fingerprint density at radius 3 is 2.50 bits per heavy atom. The van der Waals surface area contributed by atoms with Crippen molar-refractivity contribution in [2.45, 2.75) is 58.6 Å². The fourth-order valence-corrected chi connectivity index (χ4v) is 4.03. The summed E-state index contributed by atoms with van der Waals surface area (Å²) in [6.07, 6.45) is 1.30. The monoisotopic (exact) mass is 243 g/mol. The van der Waals surface area contributed by atoms with E-state index in [1.165, 1.54) is 11.8 Å². The number of rotatable bonds is 2. The van der Waals surface area contributed by atoms with Crippen LogP contribution in [0.5, 0.6) is 0 Å². The molecule has 2 saturated heterocycles. The zero-order valence-corrected chi connectivity index (χ0v) is 11.5. The van der Waals surface area contributed by atoms with E-state index in [4.69, 9.17) is 4.74 Å². The second kappa shape index (κ2) is 3.64. The number of hydrogen-bond donors (Lipinski definition) is 1. The lowest BCUT2D eigenvalue weighted by Gasteiger charge is -2.38. The average molecular weight is 243 g/mol. The third-order valence-corrected chi connectivity index (χ3v) is 4.57. The maximum absolute atomic E-state index is 11.5. The van der Waals surface area contributed by atoms with Gasteiger partial charge in [-0.15, -0.1) is 0 Å². The second-order valence-electron chi connectivity index (χ2n) is 6.72. The van der Waals surface area contributed by atoms with Crippen LogP contribution in [0, 0.1) is 10.8 Å². The number of nitrogens with one attached hydrogen (secondary N) is 1. The Labute approximate surface area is 102 Å². The SMILES string of the molecule is CC(C)(C)CC(C)(C)C1SC(=O)NC2OC21. The largest absolute Gasteiger partial charge is 0.347 e. The van der Waals surface area contributed by atoms with Crippen molar-refractivity contribution in [3.8, 4) is 0 Å². The summed E-state index contributed by atoms with van der Waals surface area (Å²) >= 11 is 1.41. The summed E-state index contributed by atoms with van der Waals surface area (Å²) in [5.74, 6) is 0. The minimum atomic E-state index is -0.0157. The van der Waals surface area contributed by atoms with E-state index in [1.54, 1.807) is 0 Å². The van der Waals surface area contributed by atoms with Crippen LogP contribution < -0.4 is 5.32 Å². The standard InChI is InChI=1S/C12H21NO2S/c1-11(2,3)6-12(4,5)8-7-9(15-7)13-10(14)16-8/h7-9H,6H2,1-5H3,(H,13,14). The summed E-state index contributed by atoms with van der Waals surface area (Å²) in [5, 5.41) is 3.16. The maximum Gasteiger partial charge on any atom is 0.281 e. The molecule has 92 valence electrons. The van der Waals surface area contributed by atoms with Gasteiger partial charge in [-0.3, -0.25) is 4.79 Å².